The smallest absolute Gasteiger partial charge is 0.267 e. The molecule has 3 heterocycles. The molecule has 0 bridgehead atoms. The number of aliphatic imine (C=N–C) groups is 1. The van der Waals surface area contributed by atoms with E-state index in [1.165, 1.54) is 30.6 Å². The van der Waals surface area contributed by atoms with Crippen LogP contribution in [-0.2, 0) is 6.42 Å². The highest BCUT2D eigenvalue weighted by Gasteiger charge is 2.37. The molecule has 0 radical (unpaired) electrons. The first-order valence-corrected chi connectivity index (χ1v) is 11.3. The van der Waals surface area contributed by atoms with Gasteiger partial charge in [-0.25, -0.2) is 22.8 Å². The molecule has 2 aromatic heterocycles. The van der Waals surface area contributed by atoms with Gasteiger partial charge in [0.1, 0.15) is 11.5 Å². The van der Waals surface area contributed by atoms with Crippen molar-refractivity contribution in [3.05, 3.63) is 65.4 Å². The van der Waals surface area contributed by atoms with Crippen molar-refractivity contribution < 1.29 is 22.8 Å². The summed E-state index contributed by atoms with van der Waals surface area (Å²) in [5.74, 6) is -3.53. The summed E-state index contributed by atoms with van der Waals surface area (Å²) >= 11 is 0. The predicted octanol–water partition coefficient (Wildman–Crippen LogP) is 4.84. The molecular formula is C25H22F3N5O2. The minimum atomic E-state index is -2.67. The summed E-state index contributed by atoms with van der Waals surface area (Å²) < 4.78 is 43.0. The fourth-order valence-corrected chi connectivity index (χ4v) is 4.66. The zero-order valence-electron chi connectivity index (χ0n) is 18.7. The number of aromatic nitrogens is 3. The minimum Gasteiger partial charge on any atom is -0.364 e. The molecule has 3 aromatic rings. The summed E-state index contributed by atoms with van der Waals surface area (Å²) in [6, 6.07) is 7.16. The van der Waals surface area contributed by atoms with Crippen LogP contribution < -0.4 is 5.73 Å². The van der Waals surface area contributed by atoms with Gasteiger partial charge in [0.2, 0.25) is 5.92 Å². The molecule has 1 aliphatic heterocycles. The number of Topliss-reactive ketones (excluding diaryl/α,β-unsaturated/α-hetero) is 1. The van der Waals surface area contributed by atoms with Crippen LogP contribution in [0.2, 0.25) is 0 Å². The Bertz CT molecular complexity index is 1340. The van der Waals surface area contributed by atoms with Gasteiger partial charge in [-0.2, -0.15) is 5.10 Å². The number of hydrogen-bond acceptors (Lipinski definition) is 5. The molecule has 2 N–H and O–H groups in total. The van der Waals surface area contributed by atoms with Crippen LogP contribution in [0.25, 0.3) is 11.1 Å². The number of halogens is 3. The molecule has 0 spiro atoms. The van der Waals surface area contributed by atoms with Gasteiger partial charge in [0.25, 0.3) is 5.91 Å². The van der Waals surface area contributed by atoms with Crippen molar-refractivity contribution >= 4 is 23.2 Å². The van der Waals surface area contributed by atoms with E-state index in [-0.39, 0.29) is 56.0 Å². The number of rotatable bonds is 5. The lowest BCUT2D eigenvalue weighted by molar-refractivity contribution is -0.0448. The van der Waals surface area contributed by atoms with E-state index in [0.717, 1.165) is 5.56 Å². The van der Waals surface area contributed by atoms with Gasteiger partial charge in [-0.1, -0.05) is 12.1 Å². The van der Waals surface area contributed by atoms with E-state index in [1.54, 1.807) is 16.8 Å². The van der Waals surface area contributed by atoms with Gasteiger partial charge in [0.05, 0.1) is 24.2 Å². The predicted molar refractivity (Wildman–Crippen MR) is 123 cm³/mol. The molecular weight excluding hydrogens is 459 g/mol. The van der Waals surface area contributed by atoms with Crippen molar-refractivity contribution in [1.29, 1.82) is 0 Å². The molecule has 1 amide bonds. The number of pyridine rings is 1. The topological polar surface area (TPSA) is 103 Å². The molecule has 180 valence electrons. The molecule has 2 aliphatic rings. The van der Waals surface area contributed by atoms with Gasteiger partial charge in [0.15, 0.2) is 11.6 Å². The van der Waals surface area contributed by atoms with Crippen molar-refractivity contribution in [2.45, 2.75) is 50.5 Å². The van der Waals surface area contributed by atoms with Crippen molar-refractivity contribution in [1.82, 2.24) is 14.8 Å². The third kappa shape index (κ3) is 4.60. The standard InChI is InChI=1S/C25H22F3N5O2/c26-16-3-1-14(19(10-16)15-2-4-21(23(29)35)30-12-15)9-17-11-22(34)20-13-31-33(24(20)32-17)18-5-7-25(27,28)8-6-18/h1-4,10,12-13,18H,5-9,11H2,(H2,29,35). The number of carbonyl (C=O) groups is 2. The fraction of sp³-hybridized carbons (Fsp3) is 0.320. The lowest BCUT2D eigenvalue weighted by Crippen LogP contribution is -2.27. The Kier molecular flexibility index (Phi) is 5.74. The molecule has 35 heavy (non-hydrogen) atoms. The maximum atomic E-state index is 14.1. The van der Waals surface area contributed by atoms with Gasteiger partial charge in [-0.3, -0.25) is 14.6 Å². The number of amides is 1. The van der Waals surface area contributed by atoms with Crippen LogP contribution in [0.15, 0.2) is 47.7 Å². The van der Waals surface area contributed by atoms with E-state index in [1.807, 2.05) is 0 Å². The number of carbonyl (C=O) groups excluding carboxylic acids is 2. The van der Waals surface area contributed by atoms with Crippen LogP contribution in [0.1, 0.15) is 64.6 Å². The summed E-state index contributed by atoms with van der Waals surface area (Å²) in [6.07, 6.45) is 3.32. The minimum absolute atomic E-state index is 0.0805. The molecule has 1 saturated carbocycles. The van der Waals surface area contributed by atoms with E-state index >= 15 is 0 Å². The first kappa shape index (κ1) is 22.9. The maximum Gasteiger partial charge on any atom is 0.267 e. The zero-order chi connectivity index (χ0) is 24.7. The van der Waals surface area contributed by atoms with Gasteiger partial charge in [-0.05, 0) is 42.2 Å². The Morgan fingerprint density at radius 2 is 1.89 bits per heavy atom. The molecule has 0 unspecified atom stereocenters. The second-order valence-electron chi connectivity index (χ2n) is 8.97. The SMILES string of the molecule is NC(=O)c1ccc(-c2cc(F)ccc2CC2=Nc3c(cnn3C3CCC(F)(F)CC3)C(=O)C2)cn1. The second kappa shape index (κ2) is 8.75. The fourth-order valence-electron chi connectivity index (χ4n) is 4.66. The van der Waals surface area contributed by atoms with E-state index in [9.17, 15) is 22.8 Å². The lowest BCUT2D eigenvalue weighted by Gasteiger charge is -2.29. The molecule has 1 aromatic carbocycles. The molecule has 1 fully saturated rings. The zero-order valence-corrected chi connectivity index (χ0v) is 18.7. The van der Waals surface area contributed by atoms with Crippen molar-refractivity contribution in [3.8, 4) is 11.1 Å². The highest BCUT2D eigenvalue weighted by molar-refractivity contribution is 6.15. The van der Waals surface area contributed by atoms with Crippen LogP contribution >= 0.6 is 0 Å². The summed E-state index contributed by atoms with van der Waals surface area (Å²) in [4.78, 5) is 32.9. The van der Waals surface area contributed by atoms with Crippen LogP contribution in [0.3, 0.4) is 0 Å². The summed E-state index contributed by atoms with van der Waals surface area (Å²) in [6.45, 7) is 0. The summed E-state index contributed by atoms with van der Waals surface area (Å²) in [7, 11) is 0. The largest absolute Gasteiger partial charge is 0.364 e. The number of fused-ring (bicyclic) bond motifs is 1. The highest BCUT2D eigenvalue weighted by Crippen LogP contribution is 2.41. The first-order valence-electron chi connectivity index (χ1n) is 11.3. The van der Waals surface area contributed by atoms with Gasteiger partial charge >= 0.3 is 0 Å². The quantitative estimate of drug-likeness (QED) is 0.563. The van der Waals surface area contributed by atoms with Crippen LogP contribution in [0.4, 0.5) is 19.0 Å². The molecule has 0 atom stereocenters. The van der Waals surface area contributed by atoms with E-state index in [4.69, 9.17) is 10.7 Å². The first-order chi connectivity index (χ1) is 16.7. The Labute approximate surface area is 198 Å². The Hall–Kier alpha value is -3.82. The number of nitrogens with zero attached hydrogens (tertiary/aromatic N) is 4. The lowest BCUT2D eigenvalue weighted by atomic mass is 9.92. The van der Waals surface area contributed by atoms with Crippen molar-refractivity contribution in [3.63, 3.8) is 0 Å². The highest BCUT2D eigenvalue weighted by atomic mass is 19.3. The molecule has 5 rings (SSSR count). The second-order valence-corrected chi connectivity index (χ2v) is 8.97. The third-order valence-electron chi connectivity index (χ3n) is 6.52. The average molecular weight is 481 g/mol. The Morgan fingerprint density at radius 1 is 1.11 bits per heavy atom. The number of nitrogens with two attached hydrogens (primary N) is 1. The Morgan fingerprint density at radius 3 is 2.57 bits per heavy atom. The number of ketones is 1. The summed E-state index contributed by atoms with van der Waals surface area (Å²) in [5, 5.41) is 4.31. The third-order valence-corrected chi connectivity index (χ3v) is 6.52. The van der Waals surface area contributed by atoms with Crippen molar-refractivity contribution in [2.24, 2.45) is 10.7 Å². The number of hydrogen-bond donors (Lipinski definition) is 1. The molecule has 10 heteroatoms. The van der Waals surface area contributed by atoms with Crippen LogP contribution in [-0.4, -0.2) is 38.1 Å². The van der Waals surface area contributed by atoms with Crippen molar-refractivity contribution in [2.75, 3.05) is 0 Å². The monoisotopic (exact) mass is 481 g/mol. The molecule has 0 saturated heterocycles. The maximum absolute atomic E-state index is 14.1. The van der Waals surface area contributed by atoms with Gasteiger partial charge in [-0.15, -0.1) is 0 Å². The number of alkyl halides is 2. The van der Waals surface area contributed by atoms with E-state index < -0.39 is 17.6 Å². The molecule has 7 nitrogen and oxygen atoms in total. The van der Waals surface area contributed by atoms with E-state index in [2.05, 4.69) is 10.1 Å². The average Bonchev–Trinajstić information content (AvgIpc) is 3.25. The summed E-state index contributed by atoms with van der Waals surface area (Å²) in [5.41, 5.74) is 8.16. The van der Waals surface area contributed by atoms with Gasteiger partial charge in [0, 0.05) is 36.7 Å². The van der Waals surface area contributed by atoms with Crippen LogP contribution in [0.5, 0.6) is 0 Å². The normalized spacial score (nSPS) is 17.7. The molecule has 1 aliphatic carbocycles. The van der Waals surface area contributed by atoms with Gasteiger partial charge < -0.3 is 5.73 Å². The van der Waals surface area contributed by atoms with Crippen LogP contribution in [0, 0.1) is 5.82 Å². The van der Waals surface area contributed by atoms with E-state index in [0.29, 0.717) is 28.2 Å². The Balaban J connectivity index is 1.46. The number of benzene rings is 1. The number of primary amides is 1.